The fraction of sp³-hybridized carbons (Fsp3) is 0.333. The fourth-order valence-corrected chi connectivity index (χ4v) is 1.56. The molecule has 53 valence electrons. The summed E-state index contributed by atoms with van der Waals surface area (Å²) in [6, 6.07) is 8.72. The minimum Gasteiger partial charge on any atom is -0.0608 e. The van der Waals surface area contributed by atoms with Crippen LogP contribution in [-0.2, 0) is 0 Å². The van der Waals surface area contributed by atoms with Gasteiger partial charge in [-0.15, -0.1) is 0 Å². The van der Waals surface area contributed by atoms with E-state index in [4.69, 9.17) is 0 Å². The van der Waals surface area contributed by atoms with Gasteiger partial charge in [0.05, 0.1) is 0 Å². The normalized spacial score (nSPS) is 11.0. The second-order valence-corrected chi connectivity index (χ2v) is 3.77. The fourth-order valence-electron chi connectivity index (χ4n) is 0.833. The maximum Gasteiger partial charge on any atom is -0.0193 e. The van der Waals surface area contributed by atoms with Gasteiger partial charge in [0.25, 0.3) is 0 Å². The van der Waals surface area contributed by atoms with Crippen LogP contribution in [0.1, 0.15) is 12.5 Å². The molecule has 1 heteroatoms. The summed E-state index contributed by atoms with van der Waals surface area (Å²) in [5, 5.41) is 1.42. The number of aryl methyl sites for hydroxylation is 1. The quantitative estimate of drug-likeness (QED) is 0.570. The molecule has 1 aromatic carbocycles. The molecule has 0 saturated heterocycles. The Hall–Kier alpha value is -0.350. The first-order valence-electron chi connectivity index (χ1n) is 3.57. The highest BCUT2D eigenvalue weighted by molar-refractivity contribution is 7.47. The third-order valence-electron chi connectivity index (χ3n) is 1.37. The monoisotopic (exact) mass is 151 g/mol. The average Bonchev–Trinajstić information content (AvgIpc) is 1.95. The van der Waals surface area contributed by atoms with Crippen molar-refractivity contribution in [3.8, 4) is 0 Å². The van der Waals surface area contributed by atoms with E-state index in [2.05, 4.69) is 38.1 Å². The molecule has 0 aliphatic rings. The Kier molecular flexibility index (Phi) is 2.89. The molecule has 0 amide bonds. The molecule has 0 saturated carbocycles. The van der Waals surface area contributed by atoms with Crippen molar-refractivity contribution >= 4 is 13.9 Å². The Balaban J connectivity index is 2.69. The Morgan fingerprint density at radius 3 is 2.30 bits per heavy atom. The number of benzene rings is 1. The molecule has 0 spiro atoms. The molecule has 0 bridgehead atoms. The lowest BCUT2D eigenvalue weighted by molar-refractivity contribution is 1.48. The molecule has 0 nitrogen and oxygen atoms in total. The second-order valence-electron chi connectivity index (χ2n) is 2.31. The van der Waals surface area contributed by atoms with Crippen molar-refractivity contribution in [2.24, 2.45) is 0 Å². The van der Waals surface area contributed by atoms with Crippen LogP contribution in [-0.4, -0.2) is 6.16 Å². The molecule has 0 aliphatic heterocycles. The van der Waals surface area contributed by atoms with Gasteiger partial charge >= 0.3 is 0 Å². The predicted octanol–water partition coefficient (Wildman–Crippen LogP) is 2.59. The molecule has 10 heavy (non-hydrogen) atoms. The summed E-state index contributed by atoms with van der Waals surface area (Å²) in [6.07, 6.45) is 1.21. The number of rotatable bonds is 2. The van der Waals surface area contributed by atoms with Crippen molar-refractivity contribution in [3.05, 3.63) is 29.8 Å². The summed E-state index contributed by atoms with van der Waals surface area (Å²) in [5.41, 5.74) is 1.34. The Morgan fingerprint density at radius 1 is 1.20 bits per heavy atom. The van der Waals surface area contributed by atoms with Gasteiger partial charge < -0.3 is 0 Å². The van der Waals surface area contributed by atoms with Crippen molar-refractivity contribution < 1.29 is 0 Å². The van der Waals surface area contributed by atoms with Crippen LogP contribution in [0.5, 0.6) is 0 Å². The van der Waals surface area contributed by atoms with E-state index in [1.165, 1.54) is 25.6 Å². The first-order valence-corrected chi connectivity index (χ1v) is 4.65. The van der Waals surface area contributed by atoms with E-state index in [1.807, 2.05) is 0 Å². The van der Waals surface area contributed by atoms with Crippen LogP contribution in [0.3, 0.4) is 0 Å². The summed E-state index contributed by atoms with van der Waals surface area (Å²) in [4.78, 5) is 0. The van der Waals surface area contributed by atoms with Gasteiger partial charge in [-0.05, 0) is 27.0 Å². The van der Waals surface area contributed by atoms with E-state index in [9.17, 15) is 0 Å². The predicted molar refractivity (Wildman–Crippen MR) is 48.3 cm³/mol. The zero-order valence-electron chi connectivity index (χ0n) is 6.46. The topological polar surface area (TPSA) is 0 Å². The van der Waals surface area contributed by atoms with E-state index in [0.717, 1.165) is 0 Å². The molecule has 1 aromatic rings. The van der Waals surface area contributed by atoms with E-state index in [-0.39, 0.29) is 0 Å². The molecule has 0 fully saturated rings. The molecule has 0 aromatic heterocycles. The van der Waals surface area contributed by atoms with Gasteiger partial charge in [-0.1, -0.05) is 36.8 Å². The van der Waals surface area contributed by atoms with Crippen molar-refractivity contribution in [3.63, 3.8) is 0 Å². The molecule has 0 heterocycles. The SMILES string of the molecule is CC[P]c1ccc(C)cc1. The summed E-state index contributed by atoms with van der Waals surface area (Å²) >= 11 is 0. The van der Waals surface area contributed by atoms with Crippen LogP contribution >= 0.6 is 8.58 Å². The molecule has 0 aliphatic carbocycles. The van der Waals surface area contributed by atoms with Crippen molar-refractivity contribution in [1.29, 1.82) is 0 Å². The Labute approximate surface area is 64.4 Å². The average molecular weight is 151 g/mol. The summed E-state index contributed by atoms with van der Waals surface area (Å²) < 4.78 is 0. The second kappa shape index (κ2) is 3.73. The van der Waals surface area contributed by atoms with Gasteiger partial charge in [-0.3, -0.25) is 0 Å². The van der Waals surface area contributed by atoms with Gasteiger partial charge in [0.2, 0.25) is 0 Å². The first kappa shape index (κ1) is 7.75. The van der Waals surface area contributed by atoms with Crippen LogP contribution in [0.25, 0.3) is 0 Å². The molecule has 1 radical (unpaired) electrons. The summed E-state index contributed by atoms with van der Waals surface area (Å²) in [7, 11) is 1.43. The maximum atomic E-state index is 2.20. The molecule has 0 atom stereocenters. The van der Waals surface area contributed by atoms with Crippen molar-refractivity contribution in [2.75, 3.05) is 6.16 Å². The summed E-state index contributed by atoms with van der Waals surface area (Å²) in [5.74, 6) is 0. The smallest absolute Gasteiger partial charge is 0.0193 e. The third kappa shape index (κ3) is 2.11. The maximum absolute atomic E-state index is 2.20. The zero-order valence-corrected chi connectivity index (χ0v) is 7.36. The number of hydrogen-bond donors (Lipinski definition) is 0. The Morgan fingerprint density at radius 2 is 1.80 bits per heavy atom. The van der Waals surface area contributed by atoms with Crippen LogP contribution in [0.2, 0.25) is 0 Å². The van der Waals surface area contributed by atoms with E-state index < -0.39 is 0 Å². The van der Waals surface area contributed by atoms with Gasteiger partial charge in [-0.25, -0.2) is 0 Å². The van der Waals surface area contributed by atoms with Crippen LogP contribution in [0.15, 0.2) is 24.3 Å². The molecule has 1 rings (SSSR count). The van der Waals surface area contributed by atoms with Crippen molar-refractivity contribution in [2.45, 2.75) is 13.8 Å². The van der Waals surface area contributed by atoms with E-state index >= 15 is 0 Å². The third-order valence-corrected chi connectivity index (χ3v) is 2.35. The van der Waals surface area contributed by atoms with Gasteiger partial charge in [0.1, 0.15) is 0 Å². The molecular formula is C9H12P. The molecular weight excluding hydrogens is 139 g/mol. The van der Waals surface area contributed by atoms with Crippen LogP contribution < -0.4 is 5.30 Å². The molecule has 0 unspecified atom stereocenters. The lowest BCUT2D eigenvalue weighted by atomic mass is 10.2. The minimum absolute atomic E-state index is 1.21. The highest BCUT2D eigenvalue weighted by Gasteiger charge is 1.88. The highest BCUT2D eigenvalue weighted by atomic mass is 31.1. The lowest BCUT2D eigenvalue weighted by Crippen LogP contribution is -1.92. The number of hydrogen-bond acceptors (Lipinski definition) is 0. The van der Waals surface area contributed by atoms with E-state index in [1.54, 1.807) is 0 Å². The highest BCUT2D eigenvalue weighted by Crippen LogP contribution is 2.08. The minimum atomic E-state index is 1.21. The van der Waals surface area contributed by atoms with Crippen LogP contribution in [0.4, 0.5) is 0 Å². The van der Waals surface area contributed by atoms with Gasteiger partial charge in [0, 0.05) is 0 Å². The summed E-state index contributed by atoms with van der Waals surface area (Å²) in [6.45, 7) is 4.31. The van der Waals surface area contributed by atoms with Crippen molar-refractivity contribution in [1.82, 2.24) is 0 Å². The van der Waals surface area contributed by atoms with Gasteiger partial charge in [0.15, 0.2) is 0 Å². The van der Waals surface area contributed by atoms with E-state index in [0.29, 0.717) is 0 Å². The van der Waals surface area contributed by atoms with Crippen LogP contribution in [0, 0.1) is 6.92 Å². The zero-order chi connectivity index (χ0) is 7.40. The largest absolute Gasteiger partial charge is 0.0608 e. The standard InChI is InChI=1S/C9H12P/c1-3-10-9-6-4-8(2)5-7-9/h4-7H,3H2,1-2H3. The molecule has 0 N–H and O–H groups in total. The Bertz CT molecular complexity index is 188. The van der Waals surface area contributed by atoms with Gasteiger partial charge in [-0.2, -0.15) is 0 Å². The lowest BCUT2D eigenvalue weighted by Gasteiger charge is -1.96. The first-order chi connectivity index (χ1) is 4.83.